The molecular weight excluding hydrogens is 481 g/mol. The Balaban J connectivity index is 1.65. The first-order valence-electron chi connectivity index (χ1n) is 11.1. The van der Waals surface area contributed by atoms with Crippen molar-refractivity contribution in [2.24, 2.45) is 0 Å². The maximum Gasteiger partial charge on any atom is 0.262 e. The fraction of sp³-hybridized carbons (Fsp3) is 0.148. The lowest BCUT2D eigenvalue weighted by Crippen LogP contribution is -2.27. The summed E-state index contributed by atoms with van der Waals surface area (Å²) in [5.74, 6) is -1.02. The summed E-state index contributed by atoms with van der Waals surface area (Å²) in [6.45, 7) is 4.05. The summed E-state index contributed by atoms with van der Waals surface area (Å²) < 4.78 is 15.7. The van der Waals surface area contributed by atoms with Gasteiger partial charge < -0.3 is 5.11 Å². The van der Waals surface area contributed by atoms with Crippen LogP contribution in [0.3, 0.4) is 0 Å². The molecule has 5 aromatic rings. The smallest absolute Gasteiger partial charge is 0.262 e. The van der Waals surface area contributed by atoms with E-state index in [-0.39, 0.29) is 16.9 Å². The van der Waals surface area contributed by atoms with Gasteiger partial charge in [0.25, 0.3) is 5.56 Å². The predicted octanol–water partition coefficient (Wildman–Crippen LogP) is 6.47. The van der Waals surface area contributed by atoms with E-state index < -0.39 is 11.6 Å². The van der Waals surface area contributed by atoms with Crippen LogP contribution in [0.2, 0.25) is 0 Å². The number of phenols is 1. The Hall–Kier alpha value is -3.62. The summed E-state index contributed by atoms with van der Waals surface area (Å²) >= 11 is 3.03. The van der Waals surface area contributed by atoms with Crippen molar-refractivity contribution in [1.82, 2.24) is 14.5 Å². The van der Waals surface area contributed by atoms with E-state index in [0.717, 1.165) is 26.7 Å². The summed E-state index contributed by atoms with van der Waals surface area (Å²) in [6.07, 6.45) is 0.585. The van der Waals surface area contributed by atoms with Gasteiger partial charge in [-0.15, -0.1) is 22.7 Å². The van der Waals surface area contributed by atoms with Crippen LogP contribution < -0.4 is 5.56 Å². The molecule has 3 heterocycles. The number of thiophene rings is 1. The molecule has 1 N–H and O–H groups in total. The van der Waals surface area contributed by atoms with Crippen molar-refractivity contribution in [2.45, 2.75) is 26.8 Å². The number of nitrogens with zero attached hydrogens (tertiary/aromatic N) is 3. The highest BCUT2D eigenvalue weighted by atomic mass is 32.1. The molecule has 0 amide bonds. The zero-order valence-electron chi connectivity index (χ0n) is 19.2. The Morgan fingerprint density at radius 1 is 1.00 bits per heavy atom. The molecule has 0 aliphatic carbocycles. The number of aromatic nitrogens is 3. The van der Waals surface area contributed by atoms with Crippen molar-refractivity contribution < 1.29 is 9.50 Å². The summed E-state index contributed by atoms with van der Waals surface area (Å²) in [4.78, 5) is 23.9. The van der Waals surface area contributed by atoms with Crippen LogP contribution >= 0.6 is 22.7 Å². The van der Waals surface area contributed by atoms with Gasteiger partial charge in [-0.1, -0.05) is 36.4 Å². The van der Waals surface area contributed by atoms with Crippen molar-refractivity contribution in [2.75, 3.05) is 0 Å². The number of para-hydroxylation sites is 1. The monoisotopic (exact) mass is 503 g/mol. The van der Waals surface area contributed by atoms with E-state index in [1.165, 1.54) is 28.0 Å². The molecule has 0 bridgehead atoms. The molecule has 0 aliphatic rings. The lowest BCUT2D eigenvalue weighted by Gasteiger charge is -2.16. The van der Waals surface area contributed by atoms with Crippen LogP contribution in [0.5, 0.6) is 5.75 Å². The fourth-order valence-electron chi connectivity index (χ4n) is 4.01. The van der Waals surface area contributed by atoms with Crippen LogP contribution in [0.4, 0.5) is 4.39 Å². The first kappa shape index (κ1) is 23.1. The van der Waals surface area contributed by atoms with E-state index in [4.69, 9.17) is 4.98 Å². The van der Waals surface area contributed by atoms with E-state index in [2.05, 4.69) is 4.98 Å². The van der Waals surface area contributed by atoms with Crippen molar-refractivity contribution in [3.63, 3.8) is 0 Å². The van der Waals surface area contributed by atoms with Gasteiger partial charge >= 0.3 is 0 Å². The van der Waals surface area contributed by atoms with Crippen molar-refractivity contribution in [3.05, 3.63) is 98.5 Å². The minimum absolute atomic E-state index is 0.190. The fourth-order valence-corrected chi connectivity index (χ4v) is 5.85. The molecule has 2 aromatic carbocycles. The first-order valence-corrected chi connectivity index (χ1v) is 12.8. The number of benzene rings is 2. The minimum Gasteiger partial charge on any atom is -0.504 e. The van der Waals surface area contributed by atoms with Crippen LogP contribution in [-0.2, 0) is 13.0 Å². The van der Waals surface area contributed by atoms with Gasteiger partial charge in [0.05, 0.1) is 16.8 Å². The molecule has 8 heteroatoms. The molecule has 0 spiro atoms. The standard InChI is InChI=1S/C27H22FN3O2S2/c1-16-14-35-26(29-16)19-13-22(34-15-19)23-17(2)30-25(20-9-6-10-21(28)24(20)32)31(27(23)33)12-11-18-7-4-3-5-8-18/h3-10,13-15,32H,11-12H2,1-2H3. The second-order valence-corrected chi connectivity index (χ2v) is 9.99. The quantitative estimate of drug-likeness (QED) is 0.288. The van der Waals surface area contributed by atoms with Crippen LogP contribution in [0.1, 0.15) is 17.0 Å². The topological polar surface area (TPSA) is 68.0 Å². The number of hydrogen-bond acceptors (Lipinski definition) is 6. The summed E-state index contributed by atoms with van der Waals surface area (Å²) in [7, 11) is 0. The van der Waals surface area contributed by atoms with E-state index in [0.29, 0.717) is 24.2 Å². The Morgan fingerprint density at radius 2 is 1.80 bits per heavy atom. The van der Waals surface area contributed by atoms with E-state index >= 15 is 0 Å². The van der Waals surface area contributed by atoms with Crippen LogP contribution in [0.25, 0.3) is 32.4 Å². The Bertz CT molecular complexity index is 1570. The molecule has 3 aromatic heterocycles. The second-order valence-electron chi connectivity index (χ2n) is 8.22. The number of aryl methyl sites for hydroxylation is 3. The molecule has 35 heavy (non-hydrogen) atoms. The molecule has 0 fully saturated rings. The number of hydrogen-bond donors (Lipinski definition) is 1. The van der Waals surface area contributed by atoms with E-state index in [1.807, 2.05) is 54.1 Å². The van der Waals surface area contributed by atoms with Gasteiger partial charge in [-0.25, -0.2) is 14.4 Å². The van der Waals surface area contributed by atoms with Crippen molar-refractivity contribution >= 4 is 22.7 Å². The molecule has 0 radical (unpaired) electrons. The first-order chi connectivity index (χ1) is 16.9. The number of rotatable bonds is 6. The molecule has 0 atom stereocenters. The molecule has 0 aliphatic heterocycles. The summed E-state index contributed by atoms with van der Waals surface area (Å²) in [6, 6.07) is 16.1. The van der Waals surface area contributed by atoms with Crippen LogP contribution in [0, 0.1) is 19.7 Å². The zero-order chi connectivity index (χ0) is 24.5. The zero-order valence-corrected chi connectivity index (χ0v) is 20.8. The predicted molar refractivity (Wildman–Crippen MR) is 140 cm³/mol. The highest BCUT2D eigenvalue weighted by molar-refractivity contribution is 7.15. The normalized spacial score (nSPS) is 11.2. The highest BCUT2D eigenvalue weighted by Gasteiger charge is 2.21. The van der Waals surface area contributed by atoms with E-state index in [9.17, 15) is 14.3 Å². The molecule has 5 rings (SSSR count). The maximum atomic E-state index is 14.2. The second kappa shape index (κ2) is 9.56. The largest absolute Gasteiger partial charge is 0.504 e. The molecule has 0 unspecified atom stereocenters. The highest BCUT2D eigenvalue weighted by Crippen LogP contribution is 2.35. The average molecular weight is 504 g/mol. The molecule has 0 saturated heterocycles. The van der Waals surface area contributed by atoms with Crippen molar-refractivity contribution in [1.29, 1.82) is 0 Å². The van der Waals surface area contributed by atoms with E-state index in [1.54, 1.807) is 24.3 Å². The maximum absolute atomic E-state index is 14.2. The van der Waals surface area contributed by atoms with Crippen molar-refractivity contribution in [3.8, 4) is 38.1 Å². The minimum atomic E-state index is -0.755. The van der Waals surface area contributed by atoms with Gasteiger partial charge in [0, 0.05) is 33.4 Å². The van der Waals surface area contributed by atoms with Crippen LogP contribution in [-0.4, -0.2) is 19.6 Å². The van der Waals surface area contributed by atoms with Gasteiger partial charge in [0.1, 0.15) is 10.8 Å². The Morgan fingerprint density at radius 3 is 2.54 bits per heavy atom. The third-order valence-corrected chi connectivity index (χ3v) is 7.71. The lowest BCUT2D eigenvalue weighted by atomic mass is 10.1. The third-order valence-electron chi connectivity index (χ3n) is 5.76. The SMILES string of the molecule is Cc1csc(-c2csc(-c3c(C)nc(-c4cccc(F)c4O)n(CCc4ccccc4)c3=O)c2)n1. The molecular formula is C27H22FN3O2S2. The average Bonchev–Trinajstić information content (AvgIpc) is 3.50. The number of phenolic OH excluding ortho intramolecular Hbond substituents is 1. The lowest BCUT2D eigenvalue weighted by molar-refractivity contribution is 0.433. The molecule has 0 saturated carbocycles. The number of halogens is 1. The van der Waals surface area contributed by atoms with Gasteiger partial charge in [-0.2, -0.15) is 0 Å². The van der Waals surface area contributed by atoms with Gasteiger partial charge in [-0.3, -0.25) is 9.36 Å². The molecule has 176 valence electrons. The number of aromatic hydroxyl groups is 1. The third kappa shape index (κ3) is 4.54. The van der Waals surface area contributed by atoms with Gasteiger partial charge in [-0.05, 0) is 44.0 Å². The van der Waals surface area contributed by atoms with Gasteiger partial charge in [0.2, 0.25) is 0 Å². The summed E-state index contributed by atoms with van der Waals surface area (Å²) in [5.41, 5.74) is 3.97. The Labute approximate surface area is 209 Å². The van der Waals surface area contributed by atoms with Crippen LogP contribution in [0.15, 0.2) is 70.2 Å². The molecule has 5 nitrogen and oxygen atoms in total. The number of thiazole rings is 1. The summed E-state index contributed by atoms with van der Waals surface area (Å²) in [5, 5.41) is 15.3. The Kier molecular flexibility index (Phi) is 6.32. The van der Waals surface area contributed by atoms with Gasteiger partial charge in [0.15, 0.2) is 11.6 Å².